The van der Waals surface area contributed by atoms with Gasteiger partial charge in [0.2, 0.25) is 0 Å². The highest BCUT2D eigenvalue weighted by Crippen LogP contribution is 2.12. The van der Waals surface area contributed by atoms with Crippen LogP contribution in [0.25, 0.3) is 5.76 Å². The van der Waals surface area contributed by atoms with E-state index in [0.29, 0.717) is 25.2 Å². The average Bonchev–Trinajstić information content (AvgIpc) is 2.41. The van der Waals surface area contributed by atoms with Gasteiger partial charge < -0.3 is 30.4 Å². The number of aliphatic hydroxyl groups is 3. The first-order valence-corrected chi connectivity index (χ1v) is 6.36. The van der Waals surface area contributed by atoms with E-state index in [1.807, 2.05) is 0 Å². The van der Waals surface area contributed by atoms with Crippen molar-refractivity contribution in [3.8, 4) is 5.75 Å². The van der Waals surface area contributed by atoms with Gasteiger partial charge in [0.05, 0.1) is 19.8 Å². The van der Waals surface area contributed by atoms with Gasteiger partial charge in [-0.15, -0.1) is 12.3 Å². The molecule has 0 aliphatic rings. The SMILES string of the molecule is C=C([O-])c1ccc(O)cc1.OCC[NH+](CCO)CCO. The zero-order valence-corrected chi connectivity index (χ0v) is 11.5. The smallest absolute Gasteiger partial charge is 0.115 e. The Balaban J connectivity index is 0.000000361. The highest BCUT2D eigenvalue weighted by Gasteiger charge is 2.03. The summed E-state index contributed by atoms with van der Waals surface area (Å²) in [4.78, 5) is 1.03. The molecular weight excluding hydrogens is 262 g/mol. The van der Waals surface area contributed by atoms with Crippen LogP contribution in [0.2, 0.25) is 0 Å². The fraction of sp³-hybridized carbons (Fsp3) is 0.429. The van der Waals surface area contributed by atoms with Crippen molar-refractivity contribution < 1.29 is 30.4 Å². The number of phenolic OH excluding ortho intramolecular Hbond substituents is 1. The van der Waals surface area contributed by atoms with Crippen molar-refractivity contribution >= 4 is 5.76 Å². The normalized spacial score (nSPS) is 10.0. The van der Waals surface area contributed by atoms with Crippen molar-refractivity contribution in [2.75, 3.05) is 39.5 Å². The molecule has 0 unspecified atom stereocenters. The van der Waals surface area contributed by atoms with Crippen LogP contribution >= 0.6 is 0 Å². The monoisotopic (exact) mass is 285 g/mol. The molecule has 0 radical (unpaired) electrons. The first-order valence-electron chi connectivity index (χ1n) is 6.36. The van der Waals surface area contributed by atoms with E-state index < -0.39 is 0 Å². The molecule has 1 aromatic carbocycles. The predicted octanol–water partition coefficient (Wildman–Crippen LogP) is -2.43. The maximum Gasteiger partial charge on any atom is 0.115 e. The third-order valence-electron chi connectivity index (χ3n) is 2.59. The number of benzene rings is 1. The summed E-state index contributed by atoms with van der Waals surface area (Å²) in [6.45, 7) is 5.33. The van der Waals surface area contributed by atoms with Crippen molar-refractivity contribution in [3.05, 3.63) is 36.4 Å². The van der Waals surface area contributed by atoms with Gasteiger partial charge in [0.15, 0.2) is 0 Å². The van der Waals surface area contributed by atoms with E-state index in [4.69, 9.17) is 20.4 Å². The Morgan fingerprint density at radius 1 is 0.950 bits per heavy atom. The second-order valence-corrected chi connectivity index (χ2v) is 4.14. The van der Waals surface area contributed by atoms with Crippen molar-refractivity contribution in [2.45, 2.75) is 0 Å². The minimum Gasteiger partial charge on any atom is -0.872 e. The van der Waals surface area contributed by atoms with Gasteiger partial charge >= 0.3 is 0 Å². The molecule has 0 saturated carbocycles. The maximum absolute atomic E-state index is 10.6. The summed E-state index contributed by atoms with van der Waals surface area (Å²) in [7, 11) is 0. The first kappa shape index (κ1) is 18.4. The fourth-order valence-corrected chi connectivity index (χ4v) is 1.50. The Bertz CT molecular complexity index is 352. The number of aromatic hydroxyl groups is 1. The highest BCUT2D eigenvalue weighted by molar-refractivity contribution is 5.55. The van der Waals surface area contributed by atoms with Crippen LogP contribution in [0.3, 0.4) is 0 Å². The quantitative estimate of drug-likeness (QED) is 0.358. The summed E-state index contributed by atoms with van der Waals surface area (Å²) in [6.07, 6.45) is 0. The predicted molar refractivity (Wildman–Crippen MR) is 74.0 cm³/mol. The minimum atomic E-state index is -0.236. The molecule has 0 atom stereocenters. The van der Waals surface area contributed by atoms with Crippen LogP contribution in [0.5, 0.6) is 5.75 Å². The van der Waals surface area contributed by atoms with E-state index in [9.17, 15) is 5.11 Å². The Labute approximate surface area is 118 Å². The fourth-order valence-electron chi connectivity index (χ4n) is 1.50. The Morgan fingerprint density at radius 3 is 1.65 bits per heavy atom. The third kappa shape index (κ3) is 8.49. The van der Waals surface area contributed by atoms with Gasteiger partial charge in [-0.25, -0.2) is 0 Å². The van der Waals surface area contributed by atoms with Gasteiger partial charge in [-0.3, -0.25) is 0 Å². The van der Waals surface area contributed by atoms with E-state index in [1.165, 1.54) is 24.3 Å². The van der Waals surface area contributed by atoms with Gasteiger partial charge in [0.25, 0.3) is 0 Å². The summed E-state index contributed by atoms with van der Waals surface area (Å²) in [5, 5.41) is 44.9. The van der Waals surface area contributed by atoms with E-state index in [-0.39, 0.29) is 31.3 Å². The van der Waals surface area contributed by atoms with Gasteiger partial charge in [-0.2, -0.15) is 0 Å². The number of phenols is 1. The van der Waals surface area contributed by atoms with Gasteiger partial charge in [-0.05, 0) is 17.7 Å². The lowest BCUT2D eigenvalue weighted by atomic mass is 10.2. The molecule has 6 heteroatoms. The summed E-state index contributed by atoms with van der Waals surface area (Å²) in [5.74, 6) is -0.0787. The zero-order chi connectivity index (χ0) is 15.4. The average molecular weight is 285 g/mol. The second kappa shape index (κ2) is 11.2. The van der Waals surface area contributed by atoms with Crippen molar-refractivity contribution in [1.29, 1.82) is 0 Å². The first-order chi connectivity index (χ1) is 9.54. The number of aliphatic hydroxyl groups excluding tert-OH is 3. The number of hydrogen-bond donors (Lipinski definition) is 5. The van der Waals surface area contributed by atoms with Crippen molar-refractivity contribution in [3.63, 3.8) is 0 Å². The van der Waals surface area contributed by atoms with Gasteiger partial charge in [-0.1, -0.05) is 12.1 Å². The Hall–Kier alpha value is -1.60. The lowest BCUT2D eigenvalue weighted by molar-refractivity contribution is -0.901. The summed E-state index contributed by atoms with van der Waals surface area (Å²) < 4.78 is 0. The number of rotatable bonds is 7. The second-order valence-electron chi connectivity index (χ2n) is 4.14. The molecule has 5 N–H and O–H groups in total. The molecule has 114 valence electrons. The number of quaternary nitrogens is 1. The lowest BCUT2D eigenvalue weighted by Gasteiger charge is -2.15. The lowest BCUT2D eigenvalue weighted by Crippen LogP contribution is -3.13. The van der Waals surface area contributed by atoms with Crippen LogP contribution in [0, 0.1) is 0 Å². The number of nitrogens with one attached hydrogen (secondary N) is 1. The summed E-state index contributed by atoms with van der Waals surface area (Å²) in [6, 6.07) is 5.98. The number of hydrogen-bond acceptors (Lipinski definition) is 5. The Kier molecular flexibility index (Phi) is 10.3. The van der Waals surface area contributed by atoms with Crippen molar-refractivity contribution in [2.24, 2.45) is 0 Å². The molecular formula is C14H23NO5. The topological polar surface area (TPSA) is 108 Å². The molecule has 0 fully saturated rings. The van der Waals surface area contributed by atoms with Crippen LogP contribution in [0.4, 0.5) is 0 Å². The molecule has 1 rings (SSSR count). The van der Waals surface area contributed by atoms with Crippen molar-refractivity contribution in [1.82, 2.24) is 0 Å². The van der Waals surface area contributed by atoms with Crippen LogP contribution in [0.1, 0.15) is 5.56 Å². The van der Waals surface area contributed by atoms with Gasteiger partial charge in [0.1, 0.15) is 25.4 Å². The minimum absolute atomic E-state index is 0.106. The molecule has 0 aromatic heterocycles. The molecule has 0 saturated heterocycles. The summed E-state index contributed by atoms with van der Waals surface area (Å²) in [5.41, 5.74) is 0.512. The zero-order valence-electron chi connectivity index (χ0n) is 11.5. The van der Waals surface area contributed by atoms with Crippen LogP contribution in [-0.4, -0.2) is 59.9 Å². The molecule has 0 amide bonds. The highest BCUT2D eigenvalue weighted by atomic mass is 16.3. The van der Waals surface area contributed by atoms with E-state index >= 15 is 0 Å². The van der Waals surface area contributed by atoms with Crippen LogP contribution in [0.15, 0.2) is 30.8 Å². The van der Waals surface area contributed by atoms with Gasteiger partial charge in [0, 0.05) is 0 Å². The third-order valence-corrected chi connectivity index (χ3v) is 2.59. The molecule has 0 spiro atoms. The summed E-state index contributed by atoms with van der Waals surface area (Å²) >= 11 is 0. The van der Waals surface area contributed by atoms with Crippen LogP contribution in [-0.2, 0) is 0 Å². The molecule has 0 aliphatic carbocycles. The molecule has 0 heterocycles. The molecule has 0 bridgehead atoms. The molecule has 1 aromatic rings. The largest absolute Gasteiger partial charge is 0.872 e. The van der Waals surface area contributed by atoms with Crippen LogP contribution < -0.4 is 10.0 Å². The van der Waals surface area contributed by atoms with E-state index in [0.717, 1.165) is 4.90 Å². The van der Waals surface area contributed by atoms with E-state index in [2.05, 4.69) is 6.58 Å². The standard InChI is InChI=1S/C8H8O2.C6H15NO3/c1-6(9)7-2-4-8(10)5-3-7;8-4-1-7(2-5-9)3-6-10/h2-5,9-10H,1H2;8-10H,1-6H2. The maximum atomic E-state index is 10.6. The van der Waals surface area contributed by atoms with E-state index in [1.54, 1.807) is 0 Å². The molecule has 6 nitrogen and oxygen atoms in total. The molecule has 20 heavy (non-hydrogen) atoms. The Morgan fingerprint density at radius 2 is 1.35 bits per heavy atom. The molecule has 0 aliphatic heterocycles.